The fourth-order valence-electron chi connectivity index (χ4n) is 4.77. The Balaban J connectivity index is 1.58. The zero-order valence-corrected chi connectivity index (χ0v) is 18.6. The molecule has 1 unspecified atom stereocenters. The molecule has 3 atom stereocenters. The molecule has 1 aliphatic carbocycles. The average molecular weight is 433 g/mol. The molecule has 0 saturated carbocycles. The van der Waals surface area contributed by atoms with Crippen molar-refractivity contribution in [1.82, 2.24) is 0 Å². The van der Waals surface area contributed by atoms with Gasteiger partial charge in [-0.1, -0.05) is 48.5 Å². The fraction of sp³-hybridized carbons (Fsp3) is 0.357. The van der Waals surface area contributed by atoms with Gasteiger partial charge in [0.05, 0.1) is 19.8 Å². The minimum absolute atomic E-state index is 0.00676. The monoisotopic (exact) mass is 432 g/mol. The van der Waals surface area contributed by atoms with Gasteiger partial charge in [-0.2, -0.15) is 0 Å². The highest BCUT2D eigenvalue weighted by Crippen LogP contribution is 2.47. The van der Waals surface area contributed by atoms with E-state index in [2.05, 4.69) is 60.7 Å². The Morgan fingerprint density at radius 1 is 0.906 bits per heavy atom. The first-order valence-corrected chi connectivity index (χ1v) is 11.4. The summed E-state index contributed by atoms with van der Waals surface area (Å²) >= 11 is 0. The zero-order valence-electron chi connectivity index (χ0n) is 18.6. The van der Waals surface area contributed by atoms with Crippen LogP contribution in [0.3, 0.4) is 0 Å². The number of rotatable bonds is 9. The first-order valence-electron chi connectivity index (χ1n) is 11.4. The van der Waals surface area contributed by atoms with Gasteiger partial charge in [0.25, 0.3) is 0 Å². The maximum absolute atomic E-state index is 9.76. The van der Waals surface area contributed by atoms with Gasteiger partial charge in [-0.3, -0.25) is 0 Å². The maximum Gasteiger partial charge on any atom is 0.119 e. The van der Waals surface area contributed by atoms with Crippen molar-refractivity contribution in [1.29, 1.82) is 0 Å². The molecule has 4 rings (SSSR count). The van der Waals surface area contributed by atoms with Gasteiger partial charge in [0.2, 0.25) is 0 Å². The number of methoxy groups -OCH3 is 1. The Hall–Kier alpha value is -2.82. The van der Waals surface area contributed by atoms with E-state index in [9.17, 15) is 5.11 Å². The third-order valence-electron chi connectivity index (χ3n) is 6.46. The molecule has 0 aliphatic heterocycles. The molecule has 0 aromatic heterocycles. The van der Waals surface area contributed by atoms with Gasteiger partial charge < -0.3 is 19.7 Å². The molecule has 0 radical (unpaired) electrons. The summed E-state index contributed by atoms with van der Waals surface area (Å²) in [4.78, 5) is 0. The van der Waals surface area contributed by atoms with Crippen LogP contribution in [0.5, 0.6) is 11.5 Å². The van der Waals surface area contributed by atoms with Gasteiger partial charge in [-0.25, -0.2) is 0 Å². The van der Waals surface area contributed by atoms with Crippen LogP contribution in [-0.2, 0) is 6.42 Å². The van der Waals surface area contributed by atoms with Gasteiger partial charge in [-0.15, -0.1) is 0 Å². The van der Waals surface area contributed by atoms with Crippen molar-refractivity contribution in [3.8, 4) is 11.5 Å². The minimum Gasteiger partial charge on any atom is -0.497 e. The van der Waals surface area contributed by atoms with Crippen LogP contribution in [0.2, 0.25) is 0 Å². The van der Waals surface area contributed by atoms with Crippen molar-refractivity contribution in [3.63, 3.8) is 0 Å². The number of fused-ring (bicyclic) bond motifs is 1. The van der Waals surface area contributed by atoms with Crippen LogP contribution in [0, 0.1) is 0 Å². The van der Waals surface area contributed by atoms with Crippen LogP contribution in [0.4, 0.5) is 0 Å². The molecule has 0 spiro atoms. The van der Waals surface area contributed by atoms with Crippen molar-refractivity contribution in [2.75, 3.05) is 20.3 Å². The molecule has 1 aliphatic rings. The Morgan fingerprint density at radius 2 is 1.66 bits per heavy atom. The highest BCUT2D eigenvalue weighted by molar-refractivity contribution is 5.48. The predicted octanol–water partition coefficient (Wildman–Crippen LogP) is 5.07. The topological polar surface area (TPSA) is 58.9 Å². The van der Waals surface area contributed by atoms with Gasteiger partial charge in [0.1, 0.15) is 11.5 Å². The summed E-state index contributed by atoms with van der Waals surface area (Å²) in [7, 11) is 1.72. The quantitative estimate of drug-likeness (QED) is 0.496. The van der Waals surface area contributed by atoms with Crippen LogP contribution >= 0.6 is 0 Å². The summed E-state index contributed by atoms with van der Waals surface area (Å²) in [6.45, 7) is 0.423. The van der Waals surface area contributed by atoms with Crippen molar-refractivity contribution < 1.29 is 19.7 Å². The standard InChI is InChI=1S/C28H32O4/c1-31-25-12-14-27-22(19-25)9-13-26(20-5-3-2-4-6-20)28(27)21-7-10-24(11-8-21)32-18-16-23(30)15-17-29/h2-8,10-12,14,19,23,26,28-30H,9,13,15-18H2,1H3/t23?,26-,28+/m1/s1. The molecular weight excluding hydrogens is 400 g/mol. The Morgan fingerprint density at radius 3 is 2.38 bits per heavy atom. The first-order chi connectivity index (χ1) is 15.7. The predicted molar refractivity (Wildman–Crippen MR) is 127 cm³/mol. The summed E-state index contributed by atoms with van der Waals surface area (Å²) < 4.78 is 11.3. The van der Waals surface area contributed by atoms with Crippen molar-refractivity contribution in [2.24, 2.45) is 0 Å². The van der Waals surface area contributed by atoms with Gasteiger partial charge in [-0.05, 0) is 71.7 Å². The summed E-state index contributed by atoms with van der Waals surface area (Å²) in [6, 6.07) is 25.6. The zero-order chi connectivity index (χ0) is 22.3. The average Bonchev–Trinajstić information content (AvgIpc) is 2.84. The number of aliphatic hydroxyl groups is 2. The van der Waals surface area contributed by atoms with Crippen LogP contribution in [-0.4, -0.2) is 36.6 Å². The highest BCUT2D eigenvalue weighted by atomic mass is 16.5. The Kier molecular flexibility index (Phi) is 7.46. The summed E-state index contributed by atoms with van der Waals surface area (Å²) in [6.07, 6.45) is 2.50. The lowest BCUT2D eigenvalue weighted by atomic mass is 9.69. The lowest BCUT2D eigenvalue weighted by Crippen LogP contribution is -2.20. The number of aliphatic hydroxyl groups excluding tert-OH is 2. The van der Waals surface area contributed by atoms with Crippen molar-refractivity contribution in [3.05, 3.63) is 95.1 Å². The molecule has 4 nitrogen and oxygen atoms in total. The van der Waals surface area contributed by atoms with E-state index in [-0.39, 0.29) is 12.5 Å². The van der Waals surface area contributed by atoms with E-state index in [1.807, 2.05) is 12.1 Å². The largest absolute Gasteiger partial charge is 0.497 e. The normalized spacial score (nSPS) is 18.6. The second-order valence-corrected chi connectivity index (χ2v) is 8.47. The number of hydrogen-bond acceptors (Lipinski definition) is 4. The molecule has 4 heteroatoms. The van der Waals surface area contributed by atoms with Gasteiger partial charge in [0, 0.05) is 18.9 Å². The molecule has 3 aromatic rings. The molecule has 0 fully saturated rings. The summed E-state index contributed by atoms with van der Waals surface area (Å²) in [5, 5.41) is 18.7. The molecule has 0 amide bonds. The van der Waals surface area contributed by atoms with E-state index < -0.39 is 6.10 Å². The van der Waals surface area contributed by atoms with E-state index in [1.165, 1.54) is 22.3 Å². The van der Waals surface area contributed by atoms with E-state index in [1.54, 1.807) is 7.11 Å². The maximum atomic E-state index is 9.76. The van der Waals surface area contributed by atoms with Crippen LogP contribution in [0.1, 0.15) is 53.4 Å². The lowest BCUT2D eigenvalue weighted by Gasteiger charge is -2.35. The van der Waals surface area contributed by atoms with Gasteiger partial charge >= 0.3 is 0 Å². The summed E-state index contributed by atoms with van der Waals surface area (Å²) in [5.41, 5.74) is 5.38. The number of aryl methyl sites for hydroxylation is 1. The third-order valence-corrected chi connectivity index (χ3v) is 6.46. The molecule has 0 heterocycles. The van der Waals surface area contributed by atoms with Crippen LogP contribution < -0.4 is 9.47 Å². The first kappa shape index (κ1) is 22.4. The Bertz CT molecular complexity index is 984. The Labute approximate surface area is 190 Å². The molecule has 32 heavy (non-hydrogen) atoms. The number of ether oxygens (including phenoxy) is 2. The summed E-state index contributed by atoms with van der Waals surface area (Å²) in [5.74, 6) is 2.39. The number of hydrogen-bond donors (Lipinski definition) is 2. The molecule has 2 N–H and O–H groups in total. The number of benzene rings is 3. The minimum atomic E-state index is -0.526. The van der Waals surface area contributed by atoms with E-state index in [0.29, 0.717) is 25.4 Å². The van der Waals surface area contributed by atoms with E-state index in [4.69, 9.17) is 14.6 Å². The molecule has 168 valence electrons. The van der Waals surface area contributed by atoms with E-state index in [0.717, 1.165) is 24.3 Å². The van der Waals surface area contributed by atoms with Crippen molar-refractivity contribution in [2.45, 2.75) is 43.6 Å². The molecule has 3 aromatic carbocycles. The smallest absolute Gasteiger partial charge is 0.119 e. The highest BCUT2D eigenvalue weighted by Gasteiger charge is 2.32. The van der Waals surface area contributed by atoms with Gasteiger partial charge in [0.15, 0.2) is 0 Å². The second-order valence-electron chi connectivity index (χ2n) is 8.47. The van der Waals surface area contributed by atoms with E-state index >= 15 is 0 Å². The van der Waals surface area contributed by atoms with Crippen LogP contribution in [0.25, 0.3) is 0 Å². The van der Waals surface area contributed by atoms with Crippen LogP contribution in [0.15, 0.2) is 72.8 Å². The third kappa shape index (κ3) is 5.14. The fourth-order valence-corrected chi connectivity index (χ4v) is 4.77. The molecular formula is C28H32O4. The second kappa shape index (κ2) is 10.7. The molecule has 0 saturated heterocycles. The molecule has 0 bridgehead atoms. The lowest BCUT2D eigenvalue weighted by molar-refractivity contribution is 0.108. The SMILES string of the molecule is COc1ccc2c(c1)CC[C@H](c1ccccc1)[C@@H]2c1ccc(OCCC(O)CCO)cc1. The van der Waals surface area contributed by atoms with Crippen molar-refractivity contribution >= 4 is 0 Å².